The highest BCUT2D eigenvalue weighted by Gasteiger charge is 2.37. The van der Waals surface area contributed by atoms with Crippen LogP contribution in [0.1, 0.15) is 48.1 Å². The van der Waals surface area contributed by atoms with Gasteiger partial charge in [-0.2, -0.15) is 17.5 Å². The van der Waals surface area contributed by atoms with Gasteiger partial charge in [0.15, 0.2) is 11.5 Å². The zero-order chi connectivity index (χ0) is 30.3. The molecule has 7 nitrogen and oxygen atoms in total. The second-order valence-corrected chi connectivity index (χ2v) is 13.1. The maximum Gasteiger partial charge on any atom is 0.416 e. The van der Waals surface area contributed by atoms with Crippen LogP contribution in [-0.2, 0) is 34.0 Å². The summed E-state index contributed by atoms with van der Waals surface area (Å²) < 4.78 is 79.9. The van der Waals surface area contributed by atoms with E-state index in [9.17, 15) is 26.4 Å². The number of sulfonamides is 1. The summed E-state index contributed by atoms with van der Waals surface area (Å²) in [6.45, 7) is 0.126. The second-order valence-electron chi connectivity index (χ2n) is 10.2. The van der Waals surface area contributed by atoms with Crippen LogP contribution in [0.2, 0.25) is 0 Å². The first-order valence-electron chi connectivity index (χ1n) is 13.7. The van der Waals surface area contributed by atoms with Crippen LogP contribution in [-0.4, -0.2) is 56.9 Å². The van der Waals surface area contributed by atoms with Crippen LogP contribution < -0.4 is 9.47 Å². The van der Waals surface area contributed by atoms with Gasteiger partial charge < -0.3 is 14.4 Å². The summed E-state index contributed by atoms with van der Waals surface area (Å²) in [5, 5.41) is 1.90. The zero-order valence-corrected chi connectivity index (χ0v) is 25.2. The van der Waals surface area contributed by atoms with E-state index in [1.807, 2.05) is 29.6 Å². The van der Waals surface area contributed by atoms with Crippen molar-refractivity contribution in [2.24, 2.45) is 0 Å². The van der Waals surface area contributed by atoms with E-state index in [-0.39, 0.29) is 6.54 Å². The number of methoxy groups -OCH3 is 2. The third-order valence-electron chi connectivity index (χ3n) is 7.44. The lowest BCUT2D eigenvalue weighted by atomic mass is 9.95. The third-order valence-corrected chi connectivity index (χ3v) is 10.2. The molecule has 3 aromatic rings. The first kappa shape index (κ1) is 31.8. The standard InChI is InChI=1S/C30H35F3N2O5S2/c1-39-27-14-13-22(18-28(27)40-2)15-16-34(20-25-11-7-17-41-25)29(36)21-35(24-9-4-3-5-10-24)42(37,38)26-12-6-8-23(19-26)30(31,32)33/h6-8,11-14,17-19,24H,3-5,9-10,15-16,20-21H2,1-2H3. The number of ether oxygens (including phenoxy) is 2. The molecular formula is C30H35F3N2O5S2. The number of rotatable bonds is 12. The van der Waals surface area contributed by atoms with Crippen LogP contribution in [0.3, 0.4) is 0 Å². The highest BCUT2D eigenvalue weighted by molar-refractivity contribution is 7.89. The normalized spacial score (nSPS) is 14.6. The third kappa shape index (κ3) is 7.84. The predicted octanol–water partition coefficient (Wildman–Crippen LogP) is 6.38. The van der Waals surface area contributed by atoms with E-state index in [2.05, 4.69) is 0 Å². The maximum atomic E-state index is 13.9. The van der Waals surface area contributed by atoms with Crippen LogP contribution in [0.15, 0.2) is 64.9 Å². The Morgan fingerprint density at radius 1 is 0.976 bits per heavy atom. The molecule has 0 radical (unpaired) electrons. The van der Waals surface area contributed by atoms with Crippen molar-refractivity contribution in [1.29, 1.82) is 0 Å². The minimum atomic E-state index is -4.70. The number of hydrogen-bond acceptors (Lipinski definition) is 6. The number of nitrogens with zero attached hydrogens (tertiary/aromatic N) is 2. The summed E-state index contributed by atoms with van der Waals surface area (Å²) in [7, 11) is -1.31. The van der Waals surface area contributed by atoms with Crippen LogP contribution in [0.5, 0.6) is 11.5 Å². The smallest absolute Gasteiger partial charge is 0.416 e. The Morgan fingerprint density at radius 2 is 1.71 bits per heavy atom. The molecule has 0 aliphatic heterocycles. The van der Waals surface area contributed by atoms with Gasteiger partial charge in [0.25, 0.3) is 0 Å². The number of carbonyl (C=O) groups excluding carboxylic acids is 1. The molecule has 1 aromatic heterocycles. The molecule has 1 heterocycles. The van der Waals surface area contributed by atoms with Crippen molar-refractivity contribution in [2.75, 3.05) is 27.3 Å². The fourth-order valence-corrected chi connectivity index (χ4v) is 7.56. The molecule has 0 unspecified atom stereocenters. The van der Waals surface area contributed by atoms with Gasteiger partial charge in [-0.25, -0.2) is 8.42 Å². The van der Waals surface area contributed by atoms with E-state index in [4.69, 9.17) is 9.47 Å². The van der Waals surface area contributed by atoms with E-state index >= 15 is 0 Å². The summed E-state index contributed by atoms with van der Waals surface area (Å²) in [6, 6.07) is 12.5. The molecule has 1 fully saturated rings. The Bertz CT molecular complexity index is 1440. The number of hydrogen-bond donors (Lipinski definition) is 0. The summed E-state index contributed by atoms with van der Waals surface area (Å²) in [5.41, 5.74) is -0.148. The van der Waals surface area contributed by atoms with Crippen LogP contribution in [0, 0.1) is 0 Å². The van der Waals surface area contributed by atoms with E-state index in [0.29, 0.717) is 43.4 Å². The highest BCUT2D eigenvalue weighted by atomic mass is 32.2. The molecule has 228 valence electrons. The van der Waals surface area contributed by atoms with Crippen molar-refractivity contribution in [3.63, 3.8) is 0 Å². The monoisotopic (exact) mass is 624 g/mol. The lowest BCUT2D eigenvalue weighted by molar-refractivity contribution is -0.137. The second kappa shape index (κ2) is 13.9. The number of amides is 1. The van der Waals surface area contributed by atoms with Crippen molar-refractivity contribution in [3.05, 3.63) is 76.0 Å². The highest BCUT2D eigenvalue weighted by Crippen LogP contribution is 2.33. The lowest BCUT2D eigenvalue weighted by Crippen LogP contribution is -2.48. The Labute approximate surface area is 248 Å². The summed E-state index contributed by atoms with van der Waals surface area (Å²) in [6.07, 6.45) is -0.626. The molecule has 2 aromatic carbocycles. The average molecular weight is 625 g/mol. The fourth-order valence-electron chi connectivity index (χ4n) is 5.16. The number of benzene rings is 2. The lowest BCUT2D eigenvalue weighted by Gasteiger charge is -2.34. The minimum Gasteiger partial charge on any atom is -0.493 e. The SMILES string of the molecule is COc1ccc(CCN(Cc2cccs2)C(=O)CN(C2CCCCC2)S(=O)(=O)c2cccc(C(F)(F)F)c2)cc1OC. The molecule has 0 saturated heterocycles. The molecule has 4 rings (SSSR count). The zero-order valence-electron chi connectivity index (χ0n) is 23.6. The quantitative estimate of drug-likeness (QED) is 0.234. The first-order chi connectivity index (χ1) is 20.0. The van der Waals surface area contributed by atoms with Gasteiger partial charge in [-0.3, -0.25) is 4.79 Å². The van der Waals surface area contributed by atoms with E-state index in [1.54, 1.807) is 25.2 Å². The molecule has 0 bridgehead atoms. The van der Waals surface area contributed by atoms with Crippen molar-refractivity contribution in [3.8, 4) is 11.5 Å². The van der Waals surface area contributed by atoms with Gasteiger partial charge >= 0.3 is 6.18 Å². The fraction of sp³-hybridized carbons (Fsp3) is 0.433. The van der Waals surface area contributed by atoms with Gasteiger partial charge in [0.05, 0.1) is 37.8 Å². The Kier molecular flexibility index (Phi) is 10.6. The minimum absolute atomic E-state index is 0.284. The maximum absolute atomic E-state index is 13.9. The van der Waals surface area contributed by atoms with Crippen LogP contribution >= 0.6 is 11.3 Å². The van der Waals surface area contributed by atoms with Gasteiger partial charge in [-0.15, -0.1) is 11.3 Å². The molecule has 12 heteroatoms. The van der Waals surface area contributed by atoms with Crippen LogP contribution in [0.4, 0.5) is 13.2 Å². The van der Waals surface area contributed by atoms with Crippen molar-refractivity contribution in [2.45, 2.75) is 62.2 Å². The Hall–Kier alpha value is -3.09. The topological polar surface area (TPSA) is 76.2 Å². The summed E-state index contributed by atoms with van der Waals surface area (Å²) in [5.74, 6) is 0.725. The molecule has 0 atom stereocenters. The van der Waals surface area contributed by atoms with E-state index < -0.39 is 45.2 Å². The first-order valence-corrected chi connectivity index (χ1v) is 16.0. The van der Waals surface area contributed by atoms with Gasteiger partial charge in [-0.05, 0) is 66.6 Å². The molecule has 0 N–H and O–H groups in total. The molecule has 0 spiro atoms. The van der Waals surface area contributed by atoms with Crippen molar-refractivity contribution < 1.29 is 35.9 Å². The molecular weight excluding hydrogens is 589 g/mol. The van der Waals surface area contributed by atoms with Gasteiger partial charge in [0.1, 0.15) is 0 Å². The van der Waals surface area contributed by atoms with E-state index in [0.717, 1.165) is 52.2 Å². The number of carbonyl (C=O) groups is 1. The Morgan fingerprint density at radius 3 is 2.36 bits per heavy atom. The molecule has 1 saturated carbocycles. The van der Waals surface area contributed by atoms with Crippen LogP contribution in [0.25, 0.3) is 0 Å². The summed E-state index contributed by atoms with van der Waals surface area (Å²) >= 11 is 1.49. The number of alkyl halides is 3. The summed E-state index contributed by atoms with van der Waals surface area (Å²) in [4.78, 5) is 15.9. The van der Waals surface area contributed by atoms with Gasteiger partial charge in [0, 0.05) is 17.5 Å². The van der Waals surface area contributed by atoms with Crippen molar-refractivity contribution in [1.82, 2.24) is 9.21 Å². The predicted molar refractivity (Wildman–Crippen MR) is 155 cm³/mol. The number of thiophene rings is 1. The molecule has 42 heavy (non-hydrogen) atoms. The molecule has 1 aliphatic rings. The van der Waals surface area contributed by atoms with E-state index in [1.165, 1.54) is 11.3 Å². The average Bonchev–Trinajstić information content (AvgIpc) is 3.51. The largest absolute Gasteiger partial charge is 0.493 e. The number of halogens is 3. The van der Waals surface area contributed by atoms with Crippen molar-refractivity contribution >= 4 is 27.3 Å². The molecule has 1 aliphatic carbocycles. The molecule has 1 amide bonds. The van der Waals surface area contributed by atoms with Gasteiger partial charge in [-0.1, -0.05) is 37.5 Å². The Balaban J connectivity index is 1.62. The van der Waals surface area contributed by atoms with Gasteiger partial charge in [0.2, 0.25) is 15.9 Å².